The average molecular weight is 433 g/mol. The predicted octanol–water partition coefficient (Wildman–Crippen LogP) is 5.84. The van der Waals surface area contributed by atoms with E-state index in [0.29, 0.717) is 24.5 Å². The highest BCUT2D eigenvalue weighted by molar-refractivity contribution is 5.93. The first kappa shape index (κ1) is 20.0. The minimum atomic E-state index is 0.106. The summed E-state index contributed by atoms with van der Waals surface area (Å²) in [6.07, 6.45) is 12.2. The van der Waals surface area contributed by atoms with Crippen LogP contribution in [0.5, 0.6) is 5.75 Å². The summed E-state index contributed by atoms with van der Waals surface area (Å²) >= 11 is 0. The number of hydrogen-bond acceptors (Lipinski definition) is 4. The van der Waals surface area contributed by atoms with Gasteiger partial charge in [-0.3, -0.25) is 4.98 Å². The van der Waals surface area contributed by atoms with Crippen molar-refractivity contribution in [3.05, 3.63) is 88.2 Å². The molecule has 2 aromatic carbocycles. The first-order chi connectivity index (χ1) is 16.3. The van der Waals surface area contributed by atoms with Crippen LogP contribution in [0, 0.1) is 11.3 Å². The molecule has 1 saturated heterocycles. The summed E-state index contributed by atoms with van der Waals surface area (Å²) in [6, 6.07) is 17.0. The zero-order chi connectivity index (χ0) is 22.2. The predicted molar refractivity (Wildman–Crippen MR) is 130 cm³/mol. The Labute approximate surface area is 193 Å². The molecule has 1 fully saturated rings. The molecule has 0 amide bonds. The van der Waals surface area contributed by atoms with Crippen molar-refractivity contribution in [2.24, 2.45) is 0 Å². The second kappa shape index (κ2) is 8.35. The van der Waals surface area contributed by atoms with E-state index < -0.39 is 0 Å². The SMILES string of the molecule is N#Cc1cc(-c2ccnc3c2C=C(c2ccc4c(c2)C=CC4)C3)ccc1OC1CCOCC1. The largest absolute Gasteiger partial charge is 0.489 e. The number of nitriles is 1. The van der Waals surface area contributed by atoms with Crippen LogP contribution in [0.2, 0.25) is 0 Å². The van der Waals surface area contributed by atoms with Crippen LogP contribution in [0.15, 0.2) is 54.7 Å². The first-order valence-corrected chi connectivity index (χ1v) is 11.6. The summed E-state index contributed by atoms with van der Waals surface area (Å²) in [6.45, 7) is 1.42. The Morgan fingerprint density at radius 3 is 2.79 bits per heavy atom. The lowest BCUT2D eigenvalue weighted by atomic mass is 9.98. The van der Waals surface area contributed by atoms with Gasteiger partial charge in [-0.05, 0) is 70.2 Å². The molecule has 1 aromatic heterocycles. The molecule has 3 aliphatic rings. The minimum absolute atomic E-state index is 0.106. The van der Waals surface area contributed by atoms with Gasteiger partial charge < -0.3 is 9.47 Å². The van der Waals surface area contributed by atoms with E-state index in [1.54, 1.807) is 0 Å². The van der Waals surface area contributed by atoms with E-state index in [-0.39, 0.29) is 6.10 Å². The van der Waals surface area contributed by atoms with Crippen molar-refractivity contribution in [1.29, 1.82) is 5.26 Å². The maximum atomic E-state index is 9.80. The number of aromatic nitrogens is 1. The second-order valence-corrected chi connectivity index (χ2v) is 8.84. The number of fused-ring (bicyclic) bond motifs is 2. The van der Waals surface area contributed by atoms with Crippen molar-refractivity contribution in [3.63, 3.8) is 0 Å². The fraction of sp³-hybridized carbons (Fsp3) is 0.241. The van der Waals surface area contributed by atoms with Crippen molar-refractivity contribution in [1.82, 2.24) is 4.98 Å². The number of ether oxygens (including phenoxy) is 2. The summed E-state index contributed by atoms with van der Waals surface area (Å²) in [7, 11) is 0. The van der Waals surface area contributed by atoms with Crippen molar-refractivity contribution >= 4 is 17.7 Å². The number of pyridine rings is 1. The molecule has 0 N–H and O–H groups in total. The summed E-state index contributed by atoms with van der Waals surface area (Å²) in [5.74, 6) is 0.654. The molecule has 0 atom stereocenters. The quantitative estimate of drug-likeness (QED) is 0.519. The van der Waals surface area contributed by atoms with Gasteiger partial charge in [0.2, 0.25) is 0 Å². The summed E-state index contributed by atoms with van der Waals surface area (Å²) in [5.41, 5.74) is 10.2. The lowest BCUT2D eigenvalue weighted by Gasteiger charge is -2.24. The van der Waals surface area contributed by atoms with E-state index >= 15 is 0 Å². The van der Waals surface area contributed by atoms with Gasteiger partial charge in [0.1, 0.15) is 17.9 Å². The molecule has 6 rings (SSSR count). The van der Waals surface area contributed by atoms with Gasteiger partial charge in [0.15, 0.2) is 0 Å². The molecule has 3 aromatic rings. The molecule has 4 heteroatoms. The van der Waals surface area contributed by atoms with E-state index in [4.69, 9.17) is 9.47 Å². The number of rotatable bonds is 4. The normalized spacial score (nSPS) is 16.8. The molecule has 0 saturated carbocycles. The highest BCUT2D eigenvalue weighted by Gasteiger charge is 2.21. The van der Waals surface area contributed by atoms with Gasteiger partial charge in [-0.15, -0.1) is 0 Å². The number of allylic oxidation sites excluding steroid dienone is 2. The molecule has 0 spiro atoms. The Kier molecular flexibility index (Phi) is 5.05. The highest BCUT2D eigenvalue weighted by Crippen LogP contribution is 2.38. The van der Waals surface area contributed by atoms with Gasteiger partial charge in [0.05, 0.1) is 24.5 Å². The summed E-state index contributed by atoms with van der Waals surface area (Å²) < 4.78 is 11.6. The van der Waals surface area contributed by atoms with Crippen molar-refractivity contribution in [2.75, 3.05) is 13.2 Å². The van der Waals surface area contributed by atoms with E-state index in [2.05, 4.69) is 53.5 Å². The zero-order valence-electron chi connectivity index (χ0n) is 18.4. The zero-order valence-corrected chi connectivity index (χ0v) is 18.4. The van der Waals surface area contributed by atoms with Crippen LogP contribution >= 0.6 is 0 Å². The number of hydrogen-bond donors (Lipinski definition) is 0. The molecule has 4 nitrogen and oxygen atoms in total. The molecule has 2 aliphatic carbocycles. The Balaban J connectivity index is 1.33. The second-order valence-electron chi connectivity index (χ2n) is 8.84. The maximum Gasteiger partial charge on any atom is 0.137 e. The van der Waals surface area contributed by atoms with Crippen LogP contribution in [0.1, 0.15) is 46.4 Å². The van der Waals surface area contributed by atoms with Gasteiger partial charge >= 0.3 is 0 Å². The lowest BCUT2D eigenvalue weighted by Crippen LogP contribution is -2.26. The molecular formula is C29H24N2O2. The van der Waals surface area contributed by atoms with E-state index in [1.165, 1.54) is 22.3 Å². The van der Waals surface area contributed by atoms with Crippen LogP contribution < -0.4 is 4.74 Å². The lowest BCUT2D eigenvalue weighted by molar-refractivity contribution is 0.0254. The topological polar surface area (TPSA) is 55.1 Å². The maximum absolute atomic E-state index is 9.80. The van der Waals surface area contributed by atoms with E-state index in [9.17, 15) is 5.26 Å². The van der Waals surface area contributed by atoms with Crippen LogP contribution in [-0.4, -0.2) is 24.3 Å². The molecule has 0 radical (unpaired) electrons. The summed E-state index contributed by atoms with van der Waals surface area (Å²) in [5, 5.41) is 9.80. The van der Waals surface area contributed by atoms with Crippen LogP contribution in [-0.2, 0) is 17.6 Å². The molecular weight excluding hydrogens is 408 g/mol. The van der Waals surface area contributed by atoms with Crippen molar-refractivity contribution in [3.8, 4) is 22.9 Å². The first-order valence-electron chi connectivity index (χ1n) is 11.6. The Morgan fingerprint density at radius 2 is 1.91 bits per heavy atom. The molecule has 2 heterocycles. The highest BCUT2D eigenvalue weighted by atomic mass is 16.5. The van der Waals surface area contributed by atoms with Gasteiger partial charge in [0.25, 0.3) is 0 Å². The van der Waals surface area contributed by atoms with Gasteiger partial charge in [0, 0.05) is 31.0 Å². The van der Waals surface area contributed by atoms with Crippen LogP contribution in [0.25, 0.3) is 28.9 Å². The standard InChI is InChI=1S/C29H24N2O2/c30-18-24-15-22(6-7-29(24)33-25-9-12-32-13-10-25)26-8-11-31-28-17-23(16-27(26)28)21-5-4-19-2-1-3-20(19)14-21/h1,3-8,11,14-16,25H,2,9-10,12-13,17H2. The average Bonchev–Trinajstić information content (AvgIpc) is 3.51. The third-order valence-electron chi connectivity index (χ3n) is 6.77. The third kappa shape index (κ3) is 3.75. The van der Waals surface area contributed by atoms with Crippen molar-refractivity contribution < 1.29 is 9.47 Å². The molecule has 162 valence electrons. The van der Waals surface area contributed by atoms with E-state index in [0.717, 1.165) is 48.1 Å². The molecule has 0 bridgehead atoms. The fourth-order valence-electron chi connectivity index (χ4n) is 4.97. The van der Waals surface area contributed by atoms with Crippen molar-refractivity contribution in [2.45, 2.75) is 31.8 Å². The van der Waals surface area contributed by atoms with Crippen LogP contribution in [0.3, 0.4) is 0 Å². The number of nitrogens with zero attached hydrogens (tertiary/aromatic N) is 2. The number of benzene rings is 2. The Hall–Kier alpha value is -3.68. The van der Waals surface area contributed by atoms with Gasteiger partial charge in [-0.1, -0.05) is 30.4 Å². The molecule has 33 heavy (non-hydrogen) atoms. The minimum Gasteiger partial charge on any atom is -0.489 e. The van der Waals surface area contributed by atoms with E-state index in [1.807, 2.05) is 24.4 Å². The van der Waals surface area contributed by atoms with Gasteiger partial charge in [-0.25, -0.2) is 0 Å². The third-order valence-corrected chi connectivity index (χ3v) is 6.77. The fourth-order valence-corrected chi connectivity index (χ4v) is 4.97. The molecule has 1 aliphatic heterocycles. The Bertz CT molecular complexity index is 1340. The smallest absolute Gasteiger partial charge is 0.137 e. The monoisotopic (exact) mass is 432 g/mol. The van der Waals surface area contributed by atoms with Gasteiger partial charge in [-0.2, -0.15) is 5.26 Å². The Morgan fingerprint density at radius 1 is 1.03 bits per heavy atom. The van der Waals surface area contributed by atoms with Crippen LogP contribution in [0.4, 0.5) is 0 Å². The summed E-state index contributed by atoms with van der Waals surface area (Å²) in [4.78, 5) is 4.66. The molecule has 0 unspecified atom stereocenters.